The first-order chi connectivity index (χ1) is 8.63. The summed E-state index contributed by atoms with van der Waals surface area (Å²) in [6, 6.07) is 12.1. The first-order valence-electron chi connectivity index (χ1n) is 5.83. The highest BCUT2D eigenvalue weighted by Crippen LogP contribution is 2.22. The third kappa shape index (κ3) is 1.72. The van der Waals surface area contributed by atoms with E-state index < -0.39 is 0 Å². The van der Waals surface area contributed by atoms with Crippen LogP contribution in [-0.2, 0) is 0 Å². The van der Waals surface area contributed by atoms with E-state index in [0.717, 1.165) is 22.6 Å². The summed E-state index contributed by atoms with van der Waals surface area (Å²) in [5, 5.41) is 4.45. The van der Waals surface area contributed by atoms with Crippen molar-refractivity contribution in [3.8, 4) is 11.3 Å². The number of rotatable bonds is 1. The summed E-state index contributed by atoms with van der Waals surface area (Å²) in [5.41, 5.74) is 10.8. The Kier molecular flexibility index (Phi) is 2.30. The normalized spacial score (nSPS) is 11.0. The van der Waals surface area contributed by atoms with Crippen molar-refractivity contribution < 1.29 is 0 Å². The van der Waals surface area contributed by atoms with Crippen molar-refractivity contribution in [3.05, 3.63) is 47.7 Å². The maximum Gasteiger partial charge on any atom is 0.158 e. The zero-order valence-corrected chi connectivity index (χ0v) is 10.4. The van der Waals surface area contributed by atoms with Crippen molar-refractivity contribution >= 4 is 11.5 Å². The van der Waals surface area contributed by atoms with E-state index in [1.807, 2.05) is 23.6 Å². The van der Waals surface area contributed by atoms with Crippen molar-refractivity contribution in [3.63, 3.8) is 0 Å². The number of aromatic nitrogens is 3. The zero-order valence-electron chi connectivity index (χ0n) is 10.4. The molecule has 2 aromatic heterocycles. The molecule has 3 aromatic rings. The summed E-state index contributed by atoms with van der Waals surface area (Å²) in [7, 11) is 0. The average molecular weight is 238 g/mol. The maximum absolute atomic E-state index is 5.85. The number of hydrogen-bond acceptors (Lipinski definition) is 3. The lowest BCUT2D eigenvalue weighted by atomic mass is 10.1. The molecule has 2 N–H and O–H groups in total. The highest BCUT2D eigenvalue weighted by Gasteiger charge is 2.08. The Morgan fingerprint density at radius 3 is 2.50 bits per heavy atom. The number of nitrogen functional groups attached to an aromatic ring is 1. The van der Waals surface area contributed by atoms with Crippen molar-refractivity contribution in [1.29, 1.82) is 0 Å². The lowest BCUT2D eigenvalue weighted by Gasteiger charge is -2.06. The van der Waals surface area contributed by atoms with E-state index in [1.54, 1.807) is 0 Å². The van der Waals surface area contributed by atoms with Gasteiger partial charge in [0.15, 0.2) is 5.65 Å². The minimum atomic E-state index is 0.512. The van der Waals surface area contributed by atoms with Gasteiger partial charge in [-0.25, -0.2) is 9.50 Å². The molecule has 0 saturated heterocycles. The number of anilines is 1. The summed E-state index contributed by atoms with van der Waals surface area (Å²) in [6.07, 6.45) is 0. The Hall–Kier alpha value is -2.36. The van der Waals surface area contributed by atoms with E-state index in [9.17, 15) is 0 Å². The van der Waals surface area contributed by atoms with Gasteiger partial charge in [0.25, 0.3) is 0 Å². The minimum Gasteiger partial charge on any atom is -0.384 e. The second-order valence-electron chi connectivity index (χ2n) is 4.49. The van der Waals surface area contributed by atoms with Gasteiger partial charge in [0.05, 0.1) is 11.4 Å². The molecular formula is C14H14N4. The lowest BCUT2D eigenvalue weighted by molar-refractivity contribution is 0.927. The van der Waals surface area contributed by atoms with Gasteiger partial charge in [0.1, 0.15) is 5.82 Å². The summed E-state index contributed by atoms with van der Waals surface area (Å²) in [6.45, 7) is 4.02. The first kappa shape index (κ1) is 10.8. The van der Waals surface area contributed by atoms with Crippen molar-refractivity contribution in [2.45, 2.75) is 13.8 Å². The lowest BCUT2D eigenvalue weighted by Crippen LogP contribution is -2.00. The van der Waals surface area contributed by atoms with E-state index in [4.69, 9.17) is 5.73 Å². The van der Waals surface area contributed by atoms with E-state index in [2.05, 4.69) is 41.3 Å². The van der Waals surface area contributed by atoms with Crippen LogP contribution in [0.3, 0.4) is 0 Å². The van der Waals surface area contributed by atoms with Gasteiger partial charge in [-0.05, 0) is 13.8 Å². The van der Waals surface area contributed by atoms with Gasteiger partial charge in [-0.2, -0.15) is 5.10 Å². The second-order valence-corrected chi connectivity index (χ2v) is 4.49. The van der Waals surface area contributed by atoms with E-state index in [0.29, 0.717) is 5.82 Å². The van der Waals surface area contributed by atoms with Crippen LogP contribution in [0.15, 0.2) is 36.4 Å². The van der Waals surface area contributed by atoms with E-state index >= 15 is 0 Å². The summed E-state index contributed by atoms with van der Waals surface area (Å²) < 4.78 is 1.83. The highest BCUT2D eigenvalue weighted by atomic mass is 15.3. The number of benzene rings is 1. The fraction of sp³-hybridized carbons (Fsp3) is 0.143. The molecule has 0 fully saturated rings. The molecule has 3 rings (SSSR count). The number of aryl methyl sites for hydroxylation is 2. The van der Waals surface area contributed by atoms with Gasteiger partial charge in [0.2, 0.25) is 0 Å². The summed E-state index contributed by atoms with van der Waals surface area (Å²) in [4.78, 5) is 4.28. The Morgan fingerprint density at radius 2 is 1.78 bits per heavy atom. The summed E-state index contributed by atoms with van der Waals surface area (Å²) >= 11 is 0. The molecule has 0 spiro atoms. The van der Waals surface area contributed by atoms with Crippen LogP contribution in [-0.4, -0.2) is 14.6 Å². The van der Waals surface area contributed by atoms with Crippen LogP contribution in [0.1, 0.15) is 11.3 Å². The Balaban J connectivity index is 2.30. The van der Waals surface area contributed by atoms with Crippen LogP contribution in [0.2, 0.25) is 0 Å². The van der Waals surface area contributed by atoms with Gasteiger partial charge in [-0.15, -0.1) is 0 Å². The molecule has 0 saturated carbocycles. The van der Waals surface area contributed by atoms with Gasteiger partial charge in [-0.3, -0.25) is 0 Å². The van der Waals surface area contributed by atoms with Gasteiger partial charge in [-0.1, -0.05) is 29.8 Å². The average Bonchev–Trinajstić information content (AvgIpc) is 2.69. The number of nitrogens with zero attached hydrogens (tertiary/aromatic N) is 3. The molecule has 0 radical (unpaired) electrons. The largest absolute Gasteiger partial charge is 0.384 e. The number of fused-ring (bicyclic) bond motifs is 1. The molecule has 0 amide bonds. The zero-order chi connectivity index (χ0) is 12.7. The van der Waals surface area contributed by atoms with E-state index in [-0.39, 0.29) is 0 Å². The molecule has 0 aliphatic rings. The third-order valence-electron chi connectivity index (χ3n) is 2.92. The van der Waals surface area contributed by atoms with Crippen molar-refractivity contribution in [2.75, 3.05) is 5.73 Å². The molecule has 4 nitrogen and oxygen atoms in total. The molecule has 1 aromatic carbocycles. The molecule has 2 heterocycles. The van der Waals surface area contributed by atoms with Gasteiger partial charge >= 0.3 is 0 Å². The topological polar surface area (TPSA) is 56.2 Å². The molecule has 4 heteroatoms. The molecule has 18 heavy (non-hydrogen) atoms. The Labute approximate surface area is 105 Å². The monoisotopic (exact) mass is 238 g/mol. The molecule has 0 aliphatic carbocycles. The van der Waals surface area contributed by atoms with Crippen LogP contribution in [0, 0.1) is 13.8 Å². The predicted molar refractivity (Wildman–Crippen MR) is 72.3 cm³/mol. The molecule has 90 valence electrons. The van der Waals surface area contributed by atoms with Crippen LogP contribution in [0.25, 0.3) is 16.9 Å². The third-order valence-corrected chi connectivity index (χ3v) is 2.92. The number of nitrogens with two attached hydrogens (primary N) is 1. The second kappa shape index (κ2) is 3.84. The molecular weight excluding hydrogens is 224 g/mol. The smallest absolute Gasteiger partial charge is 0.158 e. The fourth-order valence-electron chi connectivity index (χ4n) is 2.04. The fourth-order valence-corrected chi connectivity index (χ4v) is 2.04. The standard InChI is InChI=1S/C14H14N4/c1-9-3-5-11(6-4-9)12-8-13(15)16-14-7-10(2)17-18(12)14/h3-8H,1-2H3,(H2,15,16). The van der Waals surface area contributed by atoms with Crippen LogP contribution in [0.4, 0.5) is 5.82 Å². The molecule has 0 aliphatic heterocycles. The Bertz CT molecular complexity index is 710. The Morgan fingerprint density at radius 1 is 1.06 bits per heavy atom. The van der Waals surface area contributed by atoms with E-state index in [1.165, 1.54) is 5.56 Å². The van der Waals surface area contributed by atoms with Crippen LogP contribution >= 0.6 is 0 Å². The predicted octanol–water partition coefficient (Wildman–Crippen LogP) is 2.60. The quantitative estimate of drug-likeness (QED) is 0.709. The van der Waals surface area contributed by atoms with Crippen LogP contribution in [0.5, 0.6) is 0 Å². The SMILES string of the molecule is Cc1ccc(-c2cc(N)nc3cc(C)nn23)cc1. The summed E-state index contributed by atoms with van der Waals surface area (Å²) in [5.74, 6) is 0.512. The van der Waals surface area contributed by atoms with Crippen molar-refractivity contribution in [2.24, 2.45) is 0 Å². The molecule has 0 unspecified atom stereocenters. The number of hydrogen-bond donors (Lipinski definition) is 1. The maximum atomic E-state index is 5.85. The minimum absolute atomic E-state index is 0.512. The van der Waals surface area contributed by atoms with Crippen molar-refractivity contribution in [1.82, 2.24) is 14.6 Å². The highest BCUT2D eigenvalue weighted by molar-refractivity contribution is 5.66. The van der Waals surface area contributed by atoms with Crippen LogP contribution < -0.4 is 5.73 Å². The van der Waals surface area contributed by atoms with Gasteiger partial charge in [0, 0.05) is 17.7 Å². The first-order valence-corrected chi connectivity index (χ1v) is 5.83. The van der Waals surface area contributed by atoms with Gasteiger partial charge < -0.3 is 5.73 Å². The molecule has 0 atom stereocenters. The molecule has 0 bridgehead atoms.